The minimum Gasteiger partial charge on any atom is -0.504 e. The average molecular weight is 483 g/mol. The van der Waals surface area contributed by atoms with E-state index in [-0.39, 0.29) is 23.9 Å². The van der Waals surface area contributed by atoms with Gasteiger partial charge < -0.3 is 19.8 Å². The molecule has 2 N–H and O–H groups in total. The number of hydrogen-bond donors (Lipinski definition) is 2. The van der Waals surface area contributed by atoms with Crippen molar-refractivity contribution in [2.24, 2.45) is 0 Å². The summed E-state index contributed by atoms with van der Waals surface area (Å²) in [5.74, 6) is 0.811. The van der Waals surface area contributed by atoms with Gasteiger partial charge in [-0.3, -0.25) is 4.90 Å². The highest BCUT2D eigenvalue weighted by Crippen LogP contribution is 2.65. The summed E-state index contributed by atoms with van der Waals surface area (Å²) in [6.07, 6.45) is 3.99. The molecule has 2 aliphatic carbocycles. The Kier molecular flexibility index (Phi) is 4.93. The topological polar surface area (TPSA) is 56.2 Å². The summed E-state index contributed by atoms with van der Waals surface area (Å²) in [7, 11) is 2.14. The van der Waals surface area contributed by atoms with Crippen molar-refractivity contribution in [1.82, 2.24) is 4.90 Å². The molecule has 5 atom stereocenters. The van der Waals surface area contributed by atoms with Crippen LogP contribution in [-0.4, -0.2) is 59.0 Å². The van der Waals surface area contributed by atoms with E-state index in [9.17, 15) is 10.2 Å². The molecule has 5 nitrogen and oxygen atoms in total. The van der Waals surface area contributed by atoms with Crippen molar-refractivity contribution in [2.75, 3.05) is 25.0 Å². The lowest BCUT2D eigenvalue weighted by Gasteiger charge is -2.64. The number of aliphatic hydroxyl groups is 1. The number of hydrogen-bond acceptors (Lipinski definition) is 5. The quantitative estimate of drug-likeness (QED) is 0.568. The van der Waals surface area contributed by atoms with Crippen LogP contribution in [0, 0.1) is 0 Å². The summed E-state index contributed by atoms with van der Waals surface area (Å²) in [6, 6.07) is 25.1. The molecule has 186 valence electrons. The molecule has 1 spiro atoms. The van der Waals surface area contributed by atoms with Gasteiger partial charge >= 0.3 is 0 Å². The fourth-order valence-electron chi connectivity index (χ4n) is 8.04. The number of ether oxygens (including phenoxy) is 1. The molecule has 4 aliphatic rings. The minimum atomic E-state index is -0.882. The van der Waals surface area contributed by atoms with Crippen LogP contribution in [0.2, 0.25) is 0 Å². The maximum atomic E-state index is 12.7. The smallest absolute Gasteiger partial charge is 0.165 e. The zero-order valence-electron chi connectivity index (χ0n) is 20.8. The number of nitrogens with zero attached hydrogens (tertiary/aromatic N) is 2. The zero-order chi connectivity index (χ0) is 24.5. The lowest BCUT2D eigenvalue weighted by Crippen LogP contribution is -2.78. The number of aromatic hydroxyl groups is 1. The summed E-state index contributed by atoms with van der Waals surface area (Å²) in [4.78, 5) is 4.86. The van der Waals surface area contributed by atoms with E-state index in [1.54, 1.807) is 6.07 Å². The molecule has 2 heterocycles. The second-order valence-corrected chi connectivity index (χ2v) is 11.2. The number of likely N-dealkylation sites (tertiary alicyclic amines) is 1. The van der Waals surface area contributed by atoms with Crippen molar-refractivity contribution in [3.05, 3.63) is 89.5 Å². The van der Waals surface area contributed by atoms with Gasteiger partial charge in [0.2, 0.25) is 0 Å². The first-order chi connectivity index (χ1) is 17.5. The second-order valence-electron chi connectivity index (χ2n) is 11.2. The summed E-state index contributed by atoms with van der Waals surface area (Å²) in [5, 5.41) is 23.6. The third-order valence-electron chi connectivity index (χ3n) is 9.73. The number of piperidine rings is 1. The van der Waals surface area contributed by atoms with Gasteiger partial charge in [-0.05, 0) is 68.0 Å². The highest BCUT2D eigenvalue weighted by atomic mass is 16.5. The summed E-state index contributed by atoms with van der Waals surface area (Å²) in [5.41, 5.74) is 3.42. The molecule has 3 aromatic rings. The van der Waals surface area contributed by atoms with Gasteiger partial charge in [0.1, 0.15) is 6.10 Å². The van der Waals surface area contributed by atoms with Crippen LogP contribution < -0.4 is 9.64 Å². The molecular weight excluding hydrogens is 448 g/mol. The zero-order valence-corrected chi connectivity index (χ0v) is 20.8. The Labute approximate surface area is 212 Å². The molecule has 7 rings (SSSR count). The van der Waals surface area contributed by atoms with E-state index in [2.05, 4.69) is 77.5 Å². The summed E-state index contributed by atoms with van der Waals surface area (Å²) in [6.45, 7) is 1.86. The molecule has 0 aromatic heterocycles. The van der Waals surface area contributed by atoms with Gasteiger partial charge in [-0.1, -0.05) is 54.6 Å². The Hall–Kier alpha value is -3.02. The second kappa shape index (κ2) is 7.99. The first-order valence-electron chi connectivity index (χ1n) is 13.3. The van der Waals surface area contributed by atoms with E-state index in [4.69, 9.17) is 4.74 Å². The number of phenols is 1. The number of rotatable bonds is 5. The fraction of sp³-hybridized carbons (Fsp3) is 0.419. The van der Waals surface area contributed by atoms with Gasteiger partial charge in [0, 0.05) is 30.9 Å². The molecule has 36 heavy (non-hydrogen) atoms. The molecule has 1 saturated carbocycles. The van der Waals surface area contributed by atoms with Crippen molar-refractivity contribution in [3.63, 3.8) is 0 Å². The van der Waals surface area contributed by atoms with Crippen LogP contribution in [0.3, 0.4) is 0 Å². The number of likely N-dealkylation sites (N-methyl/N-ethyl adjacent to an activating group) is 1. The largest absolute Gasteiger partial charge is 0.504 e. The van der Waals surface area contributed by atoms with E-state index in [0.717, 1.165) is 56.4 Å². The Morgan fingerprint density at radius 3 is 2.53 bits per heavy atom. The number of anilines is 1. The van der Waals surface area contributed by atoms with Crippen LogP contribution in [0.1, 0.15) is 36.0 Å². The fourth-order valence-corrected chi connectivity index (χ4v) is 8.04. The highest BCUT2D eigenvalue weighted by molar-refractivity contribution is 5.63. The van der Waals surface area contributed by atoms with Crippen LogP contribution in [-0.2, 0) is 18.3 Å². The third kappa shape index (κ3) is 2.90. The van der Waals surface area contributed by atoms with Gasteiger partial charge in [0.25, 0.3) is 0 Å². The van der Waals surface area contributed by atoms with Crippen LogP contribution in [0.25, 0.3) is 0 Å². The first-order valence-corrected chi connectivity index (χ1v) is 13.3. The molecule has 2 bridgehead atoms. The molecule has 3 aromatic carbocycles. The van der Waals surface area contributed by atoms with Gasteiger partial charge in [-0.25, -0.2) is 0 Å². The maximum Gasteiger partial charge on any atom is 0.165 e. The normalized spacial score (nSPS) is 32.0. The molecule has 1 unspecified atom stereocenters. The van der Waals surface area contributed by atoms with Gasteiger partial charge in [0.05, 0.1) is 17.1 Å². The van der Waals surface area contributed by atoms with E-state index in [1.807, 2.05) is 6.07 Å². The van der Waals surface area contributed by atoms with Gasteiger partial charge in [0.15, 0.2) is 11.5 Å². The molecule has 0 radical (unpaired) electrons. The van der Waals surface area contributed by atoms with Crippen LogP contribution >= 0.6 is 0 Å². The number of benzene rings is 3. The van der Waals surface area contributed by atoms with Crippen LogP contribution in [0.4, 0.5) is 5.69 Å². The highest BCUT2D eigenvalue weighted by Gasteiger charge is 2.73. The summed E-state index contributed by atoms with van der Waals surface area (Å²) < 4.78 is 6.72. The average Bonchev–Trinajstić information content (AvgIpc) is 3.26. The Bertz CT molecular complexity index is 1280. The lowest BCUT2D eigenvalue weighted by atomic mass is 9.48. The van der Waals surface area contributed by atoms with Crippen molar-refractivity contribution in [3.8, 4) is 11.5 Å². The maximum absolute atomic E-state index is 12.7. The van der Waals surface area contributed by atoms with Gasteiger partial charge in [-0.2, -0.15) is 0 Å². The van der Waals surface area contributed by atoms with Crippen molar-refractivity contribution in [2.45, 2.75) is 61.3 Å². The molecule has 0 amide bonds. The Morgan fingerprint density at radius 1 is 1.00 bits per heavy atom. The van der Waals surface area contributed by atoms with Crippen LogP contribution in [0.5, 0.6) is 11.5 Å². The first kappa shape index (κ1) is 22.2. The molecule has 5 heteroatoms. The van der Waals surface area contributed by atoms with E-state index in [0.29, 0.717) is 5.75 Å². The monoisotopic (exact) mass is 482 g/mol. The molecule has 1 saturated heterocycles. The van der Waals surface area contributed by atoms with Gasteiger partial charge in [-0.15, -0.1) is 0 Å². The molecular formula is C31H34N2O3. The minimum absolute atomic E-state index is 0.0482. The number of para-hydroxylation sites is 1. The third-order valence-corrected chi connectivity index (χ3v) is 9.73. The van der Waals surface area contributed by atoms with E-state index >= 15 is 0 Å². The summed E-state index contributed by atoms with van der Waals surface area (Å²) >= 11 is 0. The number of phenolic OH excluding ortho intramolecular Hbond substituents is 1. The van der Waals surface area contributed by atoms with Crippen LogP contribution in [0.15, 0.2) is 72.8 Å². The Balaban J connectivity index is 1.29. The SMILES string of the molecule is CN(c1ccccc1)C1CC[C@@]2(O)[C@H]3Cc4ccc(O)c5c4[C@@]2(CCN3CCc2ccccc2)[C@H]1O5. The van der Waals surface area contributed by atoms with E-state index in [1.165, 1.54) is 11.1 Å². The Morgan fingerprint density at radius 2 is 1.75 bits per heavy atom. The van der Waals surface area contributed by atoms with Crippen molar-refractivity contribution >= 4 is 5.69 Å². The standard InChI is InChI=1S/C31H34N2O3/c1-32(23-10-6-3-7-11-23)24-14-16-31(35)26-20-22-12-13-25(34)28-27(22)30(31,29(24)36-28)17-19-33(26)18-15-21-8-4-2-5-9-21/h2-13,24,26,29,34-35H,14-20H2,1H3/t24?,26-,29+,30+,31-/m1/s1. The lowest BCUT2D eigenvalue weighted by molar-refractivity contribution is -0.188. The van der Waals surface area contributed by atoms with Crippen molar-refractivity contribution < 1.29 is 14.9 Å². The molecule has 2 fully saturated rings. The predicted octanol–water partition coefficient (Wildman–Crippen LogP) is 4.29. The van der Waals surface area contributed by atoms with Crippen molar-refractivity contribution in [1.29, 1.82) is 0 Å². The predicted molar refractivity (Wildman–Crippen MR) is 141 cm³/mol. The molecule has 2 aliphatic heterocycles. The van der Waals surface area contributed by atoms with E-state index < -0.39 is 11.0 Å².